The van der Waals surface area contributed by atoms with Crippen molar-refractivity contribution in [1.29, 1.82) is 0 Å². The average molecular weight is 220 g/mol. The predicted molar refractivity (Wildman–Crippen MR) is 67.8 cm³/mol. The number of hydrogen-bond donors (Lipinski definition) is 1. The molecule has 0 atom stereocenters. The average Bonchev–Trinajstić information content (AvgIpc) is 2.34. The summed E-state index contributed by atoms with van der Waals surface area (Å²) in [4.78, 5) is 0. The van der Waals surface area contributed by atoms with E-state index in [0.29, 0.717) is 0 Å². The van der Waals surface area contributed by atoms with Gasteiger partial charge in [0.2, 0.25) is 0 Å². The number of nitrogens with one attached hydrogen (secondary N) is 1. The smallest absolute Gasteiger partial charge is 0.119 e. The fraction of sp³-hybridized carbons (Fsp3) is 0.571. The molecule has 2 nitrogen and oxygen atoms in total. The summed E-state index contributed by atoms with van der Waals surface area (Å²) in [7, 11) is 0. The molecule has 0 aliphatic rings. The molecule has 0 fully saturated rings. The normalized spacial score (nSPS) is 10.3. The predicted octanol–water partition coefficient (Wildman–Crippen LogP) is 3.04. The second kappa shape index (κ2) is 9.22. The van der Waals surface area contributed by atoms with Crippen LogP contribution in [0.4, 0.5) is 0 Å². The maximum Gasteiger partial charge on any atom is 0.119 e. The summed E-state index contributed by atoms with van der Waals surface area (Å²) in [5.41, 5.74) is 0. The van der Waals surface area contributed by atoms with Gasteiger partial charge in [0.05, 0.1) is 6.61 Å². The van der Waals surface area contributed by atoms with Gasteiger partial charge in [0.25, 0.3) is 0 Å². The van der Waals surface area contributed by atoms with Crippen LogP contribution in [-0.2, 0) is 0 Å². The molecule has 1 aromatic carbocycles. The summed E-state index contributed by atoms with van der Waals surface area (Å²) >= 11 is 0. The lowest BCUT2D eigenvalue weighted by molar-refractivity contribution is 0.306. The fourth-order valence-electron chi connectivity index (χ4n) is 1.44. The van der Waals surface area contributed by atoms with Crippen LogP contribution in [0, 0.1) is 6.07 Å². The molecule has 0 saturated heterocycles. The van der Waals surface area contributed by atoms with E-state index in [1.807, 2.05) is 24.3 Å². The monoisotopic (exact) mass is 220 g/mol. The van der Waals surface area contributed by atoms with Crippen LogP contribution in [0.5, 0.6) is 5.75 Å². The first-order chi connectivity index (χ1) is 7.93. The van der Waals surface area contributed by atoms with Crippen molar-refractivity contribution >= 4 is 0 Å². The Morgan fingerprint density at radius 2 is 1.88 bits per heavy atom. The van der Waals surface area contributed by atoms with Crippen molar-refractivity contribution in [2.75, 3.05) is 19.7 Å². The molecule has 0 spiro atoms. The van der Waals surface area contributed by atoms with E-state index in [0.717, 1.165) is 31.9 Å². The van der Waals surface area contributed by atoms with E-state index in [2.05, 4.69) is 18.3 Å². The summed E-state index contributed by atoms with van der Waals surface area (Å²) < 4.78 is 5.59. The van der Waals surface area contributed by atoms with E-state index in [1.165, 1.54) is 19.3 Å². The van der Waals surface area contributed by atoms with Crippen molar-refractivity contribution in [1.82, 2.24) is 5.32 Å². The van der Waals surface area contributed by atoms with Crippen LogP contribution in [0.25, 0.3) is 0 Å². The first-order valence-corrected chi connectivity index (χ1v) is 6.23. The SMILES string of the molecule is CCCCNCCCCOc1cc[c]cc1. The van der Waals surface area contributed by atoms with E-state index in [9.17, 15) is 0 Å². The van der Waals surface area contributed by atoms with Crippen molar-refractivity contribution in [3.8, 4) is 5.75 Å². The number of ether oxygens (including phenoxy) is 1. The molecule has 0 aromatic heterocycles. The zero-order chi connectivity index (χ0) is 11.5. The molecule has 1 rings (SSSR count). The van der Waals surface area contributed by atoms with E-state index in [4.69, 9.17) is 4.74 Å². The van der Waals surface area contributed by atoms with Crippen LogP contribution in [0.15, 0.2) is 24.3 Å². The van der Waals surface area contributed by atoms with Crippen molar-refractivity contribution in [3.05, 3.63) is 30.3 Å². The molecule has 0 aliphatic carbocycles. The quantitative estimate of drug-likeness (QED) is 0.646. The lowest BCUT2D eigenvalue weighted by Crippen LogP contribution is -2.17. The first kappa shape index (κ1) is 13.0. The Labute approximate surface area is 99.0 Å². The van der Waals surface area contributed by atoms with Gasteiger partial charge in [0.15, 0.2) is 0 Å². The van der Waals surface area contributed by atoms with Gasteiger partial charge in [0, 0.05) is 0 Å². The van der Waals surface area contributed by atoms with Crippen LogP contribution in [0.3, 0.4) is 0 Å². The topological polar surface area (TPSA) is 21.3 Å². The van der Waals surface area contributed by atoms with Crippen LogP contribution in [0.1, 0.15) is 32.6 Å². The molecule has 0 amide bonds. The lowest BCUT2D eigenvalue weighted by Gasteiger charge is -2.06. The van der Waals surface area contributed by atoms with E-state index in [-0.39, 0.29) is 0 Å². The minimum atomic E-state index is 0.805. The second-order valence-electron chi connectivity index (χ2n) is 3.89. The third kappa shape index (κ3) is 6.46. The Morgan fingerprint density at radius 1 is 1.12 bits per heavy atom. The van der Waals surface area contributed by atoms with Crippen LogP contribution < -0.4 is 10.1 Å². The lowest BCUT2D eigenvalue weighted by atomic mass is 10.3. The third-order valence-corrected chi connectivity index (χ3v) is 2.41. The van der Waals surface area contributed by atoms with Crippen LogP contribution >= 0.6 is 0 Å². The van der Waals surface area contributed by atoms with Gasteiger partial charge in [-0.25, -0.2) is 0 Å². The van der Waals surface area contributed by atoms with Gasteiger partial charge in [-0.1, -0.05) is 25.5 Å². The molecule has 1 aromatic rings. The highest BCUT2D eigenvalue weighted by molar-refractivity contribution is 5.20. The molecule has 89 valence electrons. The van der Waals surface area contributed by atoms with Gasteiger partial charge in [-0.05, 0) is 50.6 Å². The van der Waals surface area contributed by atoms with Gasteiger partial charge in [-0.15, -0.1) is 0 Å². The van der Waals surface area contributed by atoms with Crippen LogP contribution in [-0.4, -0.2) is 19.7 Å². The van der Waals surface area contributed by atoms with Crippen molar-refractivity contribution in [2.45, 2.75) is 32.6 Å². The van der Waals surface area contributed by atoms with Crippen molar-refractivity contribution in [3.63, 3.8) is 0 Å². The summed E-state index contributed by atoms with van der Waals surface area (Å²) in [5.74, 6) is 0.942. The van der Waals surface area contributed by atoms with Crippen molar-refractivity contribution in [2.24, 2.45) is 0 Å². The Bertz CT molecular complexity index is 248. The molecule has 0 heterocycles. The Hall–Kier alpha value is -1.02. The van der Waals surface area contributed by atoms with Gasteiger partial charge in [0.1, 0.15) is 5.75 Å². The van der Waals surface area contributed by atoms with Gasteiger partial charge in [-0.2, -0.15) is 0 Å². The largest absolute Gasteiger partial charge is 0.494 e. The molecule has 1 radical (unpaired) electrons. The number of unbranched alkanes of at least 4 members (excludes halogenated alkanes) is 2. The minimum absolute atomic E-state index is 0.805. The highest BCUT2D eigenvalue weighted by atomic mass is 16.5. The summed E-state index contributed by atoms with van der Waals surface area (Å²) in [6, 6.07) is 10.6. The standard InChI is InChI=1S/C14H22NO/c1-2-3-11-15-12-7-8-13-16-14-9-5-4-6-10-14/h5-6,9-10,15H,2-3,7-8,11-13H2,1H3. The molecule has 2 heteroatoms. The zero-order valence-electron chi connectivity index (χ0n) is 10.2. The molecule has 0 unspecified atom stereocenters. The van der Waals surface area contributed by atoms with E-state index < -0.39 is 0 Å². The molecule has 0 aliphatic heterocycles. The Balaban J connectivity index is 1.89. The molecular weight excluding hydrogens is 198 g/mol. The highest BCUT2D eigenvalue weighted by Crippen LogP contribution is 2.08. The molecule has 1 N–H and O–H groups in total. The fourth-order valence-corrected chi connectivity index (χ4v) is 1.44. The maximum absolute atomic E-state index is 5.59. The minimum Gasteiger partial charge on any atom is -0.494 e. The summed E-state index contributed by atoms with van der Waals surface area (Å²) in [5, 5.41) is 3.42. The summed E-state index contributed by atoms with van der Waals surface area (Å²) in [6.45, 7) is 5.27. The molecule has 16 heavy (non-hydrogen) atoms. The first-order valence-electron chi connectivity index (χ1n) is 6.23. The molecule has 0 saturated carbocycles. The summed E-state index contributed by atoms with van der Waals surface area (Å²) in [6.07, 6.45) is 4.83. The molecule has 0 bridgehead atoms. The zero-order valence-corrected chi connectivity index (χ0v) is 10.2. The number of benzene rings is 1. The second-order valence-corrected chi connectivity index (χ2v) is 3.89. The van der Waals surface area contributed by atoms with Gasteiger partial charge in [-0.3, -0.25) is 0 Å². The van der Waals surface area contributed by atoms with Crippen LogP contribution in [0.2, 0.25) is 0 Å². The van der Waals surface area contributed by atoms with Gasteiger partial charge >= 0.3 is 0 Å². The number of hydrogen-bond acceptors (Lipinski definition) is 2. The molecular formula is C14H22NO. The highest BCUT2D eigenvalue weighted by Gasteiger charge is 1.92. The third-order valence-electron chi connectivity index (χ3n) is 2.41. The Kier molecular flexibility index (Phi) is 7.52. The number of rotatable bonds is 9. The Morgan fingerprint density at radius 3 is 2.62 bits per heavy atom. The van der Waals surface area contributed by atoms with E-state index in [1.54, 1.807) is 0 Å². The van der Waals surface area contributed by atoms with Crippen molar-refractivity contribution < 1.29 is 4.74 Å². The van der Waals surface area contributed by atoms with E-state index >= 15 is 0 Å². The van der Waals surface area contributed by atoms with Gasteiger partial charge < -0.3 is 10.1 Å². The maximum atomic E-state index is 5.59.